The first kappa shape index (κ1) is 23.3. The van der Waals surface area contributed by atoms with Gasteiger partial charge in [0.05, 0.1) is 17.9 Å². The average Bonchev–Trinajstić information content (AvgIpc) is 3.68. The SMILES string of the molecule is CN(C)[C@@H](C(=O)N1CCCC1c1ncc(-c2ccc(-c3cc4ccccc4[nH]3)cc2)[nH]1)c1ccccc1. The van der Waals surface area contributed by atoms with Gasteiger partial charge in [-0.15, -0.1) is 0 Å². The van der Waals surface area contributed by atoms with Crippen molar-refractivity contribution in [2.24, 2.45) is 0 Å². The predicted molar refractivity (Wildman–Crippen MR) is 148 cm³/mol. The van der Waals surface area contributed by atoms with E-state index in [-0.39, 0.29) is 18.0 Å². The van der Waals surface area contributed by atoms with Gasteiger partial charge in [-0.05, 0) is 55.8 Å². The van der Waals surface area contributed by atoms with Crippen molar-refractivity contribution in [3.05, 3.63) is 103 Å². The predicted octanol–water partition coefficient (Wildman–Crippen LogP) is 6.19. The number of imidazole rings is 1. The van der Waals surface area contributed by atoms with E-state index in [0.29, 0.717) is 0 Å². The van der Waals surface area contributed by atoms with Crippen LogP contribution in [0.3, 0.4) is 0 Å². The topological polar surface area (TPSA) is 68.0 Å². The number of H-pyrrole nitrogens is 2. The number of fused-ring (bicyclic) bond motifs is 1. The molecule has 2 atom stereocenters. The lowest BCUT2D eigenvalue weighted by Crippen LogP contribution is -2.40. The minimum Gasteiger partial charge on any atom is -0.355 e. The van der Waals surface area contributed by atoms with Gasteiger partial charge in [-0.1, -0.05) is 72.8 Å². The smallest absolute Gasteiger partial charge is 0.245 e. The summed E-state index contributed by atoms with van der Waals surface area (Å²) in [6.07, 6.45) is 3.77. The lowest BCUT2D eigenvalue weighted by atomic mass is 10.0. The molecule has 6 heteroatoms. The second-order valence-corrected chi connectivity index (χ2v) is 10.00. The fourth-order valence-electron chi connectivity index (χ4n) is 5.48. The van der Waals surface area contributed by atoms with E-state index in [0.717, 1.165) is 58.8 Å². The van der Waals surface area contributed by atoms with Crippen LogP contribution >= 0.6 is 0 Å². The Morgan fingerprint density at radius 3 is 2.35 bits per heavy atom. The van der Waals surface area contributed by atoms with Gasteiger partial charge in [0.15, 0.2) is 0 Å². The van der Waals surface area contributed by atoms with Crippen molar-refractivity contribution >= 4 is 16.8 Å². The third-order valence-electron chi connectivity index (χ3n) is 7.35. The zero-order chi connectivity index (χ0) is 25.4. The monoisotopic (exact) mass is 489 g/mol. The van der Waals surface area contributed by atoms with Crippen molar-refractivity contribution in [3.63, 3.8) is 0 Å². The molecule has 37 heavy (non-hydrogen) atoms. The Morgan fingerprint density at radius 1 is 0.919 bits per heavy atom. The quantitative estimate of drug-likeness (QED) is 0.299. The molecule has 2 N–H and O–H groups in total. The molecule has 0 radical (unpaired) electrons. The molecule has 0 aliphatic carbocycles. The maximum Gasteiger partial charge on any atom is 0.245 e. The van der Waals surface area contributed by atoms with Crippen LogP contribution in [0.25, 0.3) is 33.4 Å². The van der Waals surface area contributed by atoms with Gasteiger partial charge in [-0.2, -0.15) is 0 Å². The number of aromatic nitrogens is 3. The number of likely N-dealkylation sites (tertiary alicyclic amines) is 1. The van der Waals surface area contributed by atoms with Crippen LogP contribution < -0.4 is 0 Å². The Kier molecular flexibility index (Phi) is 6.10. The number of carbonyl (C=O) groups is 1. The maximum atomic E-state index is 13.7. The van der Waals surface area contributed by atoms with Gasteiger partial charge in [-0.3, -0.25) is 9.69 Å². The van der Waals surface area contributed by atoms with Crippen LogP contribution in [0, 0.1) is 0 Å². The number of hydrogen-bond acceptors (Lipinski definition) is 3. The number of nitrogens with one attached hydrogen (secondary N) is 2. The molecule has 0 spiro atoms. The fraction of sp³-hybridized carbons (Fsp3) is 0.226. The van der Waals surface area contributed by atoms with Crippen LogP contribution in [-0.4, -0.2) is 51.3 Å². The number of hydrogen-bond donors (Lipinski definition) is 2. The molecule has 0 bridgehead atoms. The molecule has 1 amide bonds. The van der Waals surface area contributed by atoms with Gasteiger partial charge < -0.3 is 14.9 Å². The second kappa shape index (κ2) is 9.71. The van der Waals surface area contributed by atoms with Gasteiger partial charge in [0.1, 0.15) is 11.9 Å². The summed E-state index contributed by atoms with van der Waals surface area (Å²) in [6, 6.07) is 28.7. The Hall–Kier alpha value is -4.16. The molecule has 0 saturated carbocycles. The summed E-state index contributed by atoms with van der Waals surface area (Å²) in [7, 11) is 3.93. The van der Waals surface area contributed by atoms with E-state index in [9.17, 15) is 4.79 Å². The molecule has 1 fully saturated rings. The van der Waals surface area contributed by atoms with E-state index in [1.54, 1.807) is 0 Å². The number of aromatic amines is 2. The third-order valence-corrected chi connectivity index (χ3v) is 7.35. The highest BCUT2D eigenvalue weighted by Crippen LogP contribution is 2.35. The summed E-state index contributed by atoms with van der Waals surface area (Å²) in [4.78, 5) is 29.5. The van der Waals surface area contributed by atoms with Crippen molar-refractivity contribution < 1.29 is 4.79 Å². The highest BCUT2D eigenvalue weighted by molar-refractivity contribution is 5.86. The number of amides is 1. The van der Waals surface area contributed by atoms with Crippen molar-refractivity contribution in [2.75, 3.05) is 20.6 Å². The number of benzene rings is 3. The van der Waals surface area contributed by atoms with Crippen LogP contribution in [0.5, 0.6) is 0 Å². The normalized spacial score (nSPS) is 16.5. The van der Waals surface area contributed by atoms with Crippen LogP contribution in [0.4, 0.5) is 0 Å². The summed E-state index contributed by atoms with van der Waals surface area (Å²) < 4.78 is 0. The summed E-state index contributed by atoms with van der Waals surface area (Å²) in [6.45, 7) is 0.746. The van der Waals surface area contributed by atoms with E-state index >= 15 is 0 Å². The number of nitrogens with zero attached hydrogens (tertiary/aromatic N) is 3. The van der Waals surface area contributed by atoms with Crippen molar-refractivity contribution in [2.45, 2.75) is 24.9 Å². The first-order valence-corrected chi connectivity index (χ1v) is 12.8. The number of rotatable bonds is 6. The Bertz CT molecular complexity index is 1480. The molecular formula is C31H31N5O. The van der Waals surface area contributed by atoms with E-state index < -0.39 is 0 Å². The van der Waals surface area contributed by atoms with Crippen LogP contribution in [0.15, 0.2) is 91.1 Å². The number of carbonyl (C=O) groups excluding carboxylic acids is 1. The molecule has 3 heterocycles. The van der Waals surface area contributed by atoms with Gasteiger partial charge in [0.25, 0.3) is 0 Å². The average molecular weight is 490 g/mol. The largest absolute Gasteiger partial charge is 0.355 e. The van der Waals surface area contributed by atoms with Crippen LogP contribution in [-0.2, 0) is 4.79 Å². The molecule has 1 unspecified atom stereocenters. The first-order valence-electron chi connectivity index (χ1n) is 12.8. The maximum absolute atomic E-state index is 13.7. The van der Waals surface area contributed by atoms with Gasteiger partial charge in [-0.25, -0.2) is 4.98 Å². The van der Waals surface area contributed by atoms with E-state index in [2.05, 4.69) is 58.5 Å². The Morgan fingerprint density at radius 2 is 1.62 bits per heavy atom. The van der Waals surface area contributed by atoms with Crippen molar-refractivity contribution in [1.29, 1.82) is 0 Å². The lowest BCUT2D eigenvalue weighted by Gasteiger charge is -2.31. The molecule has 186 valence electrons. The molecule has 1 aliphatic heterocycles. The highest BCUT2D eigenvalue weighted by Gasteiger charge is 2.37. The Balaban J connectivity index is 1.22. The fourth-order valence-corrected chi connectivity index (χ4v) is 5.48. The molecule has 1 saturated heterocycles. The summed E-state index contributed by atoms with van der Waals surface area (Å²) in [5.74, 6) is 0.977. The van der Waals surface area contributed by atoms with E-state index in [1.807, 2.05) is 66.5 Å². The zero-order valence-electron chi connectivity index (χ0n) is 21.2. The molecule has 6 nitrogen and oxygen atoms in total. The van der Waals surface area contributed by atoms with Crippen LogP contribution in [0.1, 0.15) is 36.3 Å². The standard InChI is InChI=1S/C31H31N5O/c1-35(2)29(23-9-4-3-5-10-23)31(37)36-18-8-13-28(36)30-32-20-27(34-30)22-16-14-21(15-17-22)26-19-24-11-6-7-12-25(24)33-26/h3-7,9-12,14-17,19-20,28-29,33H,8,13,18H2,1-2H3,(H,32,34)/t28?,29-/m1/s1. The zero-order valence-corrected chi connectivity index (χ0v) is 21.2. The molecule has 5 aromatic rings. The minimum atomic E-state index is -0.312. The van der Waals surface area contributed by atoms with Crippen molar-refractivity contribution in [1.82, 2.24) is 24.8 Å². The summed E-state index contributed by atoms with van der Waals surface area (Å²) in [5, 5.41) is 1.21. The van der Waals surface area contributed by atoms with Gasteiger partial charge >= 0.3 is 0 Å². The lowest BCUT2D eigenvalue weighted by molar-refractivity contribution is -0.137. The van der Waals surface area contributed by atoms with E-state index in [4.69, 9.17) is 4.98 Å². The molecule has 1 aliphatic rings. The summed E-state index contributed by atoms with van der Waals surface area (Å²) in [5.41, 5.74) is 6.43. The molecular weight excluding hydrogens is 458 g/mol. The highest BCUT2D eigenvalue weighted by atomic mass is 16.2. The first-order chi connectivity index (χ1) is 18.1. The molecule has 6 rings (SSSR count). The minimum absolute atomic E-state index is 0.0435. The number of para-hydroxylation sites is 1. The second-order valence-electron chi connectivity index (χ2n) is 10.00. The van der Waals surface area contributed by atoms with Crippen molar-refractivity contribution in [3.8, 4) is 22.5 Å². The van der Waals surface area contributed by atoms with Gasteiger partial charge in [0, 0.05) is 23.1 Å². The summed E-state index contributed by atoms with van der Waals surface area (Å²) >= 11 is 0. The van der Waals surface area contributed by atoms with E-state index in [1.165, 1.54) is 5.39 Å². The molecule has 2 aromatic heterocycles. The molecule has 3 aromatic carbocycles. The van der Waals surface area contributed by atoms with Crippen LogP contribution in [0.2, 0.25) is 0 Å². The number of likely N-dealkylation sites (N-methyl/N-ethyl adjacent to an activating group) is 1. The third kappa shape index (κ3) is 4.45. The van der Waals surface area contributed by atoms with Gasteiger partial charge in [0.2, 0.25) is 5.91 Å². The Labute approximate surface area is 217 Å².